The third-order valence-corrected chi connectivity index (χ3v) is 5.92. The number of hydrogen-bond donors (Lipinski definition) is 0. The van der Waals surface area contributed by atoms with Gasteiger partial charge in [0.2, 0.25) is 5.91 Å². The maximum atomic E-state index is 12.6. The van der Waals surface area contributed by atoms with Crippen molar-refractivity contribution in [2.45, 2.75) is 32.2 Å². The van der Waals surface area contributed by atoms with Crippen LogP contribution in [0.2, 0.25) is 0 Å². The first kappa shape index (κ1) is 19.2. The van der Waals surface area contributed by atoms with Gasteiger partial charge in [0.15, 0.2) is 0 Å². The summed E-state index contributed by atoms with van der Waals surface area (Å²) in [4.78, 5) is 19.7. The molecule has 3 rings (SSSR count). The van der Waals surface area contributed by atoms with Crippen LogP contribution in [0.3, 0.4) is 0 Å². The molecule has 1 amide bonds. The number of benzene rings is 1. The van der Waals surface area contributed by atoms with E-state index in [9.17, 15) is 4.79 Å². The van der Waals surface area contributed by atoms with Gasteiger partial charge in [-0.15, -0.1) is 0 Å². The molecule has 5 heteroatoms. The molecular weight excluding hydrogens is 326 g/mol. The lowest BCUT2D eigenvalue weighted by Gasteiger charge is -2.41. The van der Waals surface area contributed by atoms with E-state index in [0.717, 1.165) is 49.7 Å². The smallest absolute Gasteiger partial charge is 0.226 e. The highest BCUT2D eigenvalue weighted by molar-refractivity contribution is 5.79. The molecule has 2 heterocycles. The first-order valence-electron chi connectivity index (χ1n) is 9.88. The van der Waals surface area contributed by atoms with Gasteiger partial charge in [-0.1, -0.05) is 12.1 Å². The van der Waals surface area contributed by atoms with Crippen molar-refractivity contribution in [3.05, 3.63) is 29.8 Å². The van der Waals surface area contributed by atoms with Crippen LogP contribution in [0.15, 0.2) is 24.3 Å². The van der Waals surface area contributed by atoms with Crippen LogP contribution < -0.4 is 4.74 Å². The minimum absolute atomic E-state index is 0.240. The van der Waals surface area contributed by atoms with Crippen molar-refractivity contribution >= 4 is 5.91 Å². The second-order valence-corrected chi connectivity index (χ2v) is 7.96. The number of rotatable bonds is 5. The van der Waals surface area contributed by atoms with E-state index in [2.05, 4.69) is 23.8 Å². The van der Waals surface area contributed by atoms with Crippen molar-refractivity contribution in [1.82, 2.24) is 14.7 Å². The number of amides is 1. The minimum atomic E-state index is 0.240. The van der Waals surface area contributed by atoms with Gasteiger partial charge in [-0.3, -0.25) is 9.69 Å². The monoisotopic (exact) mass is 359 g/mol. The number of piperidine rings is 1. The molecule has 2 aliphatic heterocycles. The van der Waals surface area contributed by atoms with Crippen LogP contribution in [0.1, 0.15) is 25.3 Å². The first-order chi connectivity index (χ1) is 12.5. The number of carbonyl (C=O) groups is 1. The van der Waals surface area contributed by atoms with Crippen molar-refractivity contribution < 1.29 is 9.53 Å². The zero-order valence-electron chi connectivity index (χ0n) is 16.5. The minimum Gasteiger partial charge on any atom is -0.497 e. The summed E-state index contributed by atoms with van der Waals surface area (Å²) >= 11 is 0. The average molecular weight is 360 g/mol. The van der Waals surface area contributed by atoms with E-state index in [1.54, 1.807) is 7.11 Å². The highest BCUT2D eigenvalue weighted by Crippen LogP contribution is 2.22. The predicted octanol–water partition coefficient (Wildman–Crippen LogP) is 2.11. The van der Waals surface area contributed by atoms with E-state index in [1.807, 2.05) is 29.2 Å². The van der Waals surface area contributed by atoms with Gasteiger partial charge in [-0.2, -0.15) is 0 Å². The second-order valence-electron chi connectivity index (χ2n) is 7.96. The van der Waals surface area contributed by atoms with E-state index in [4.69, 9.17) is 4.74 Å². The largest absolute Gasteiger partial charge is 0.497 e. The molecule has 2 fully saturated rings. The Morgan fingerprint density at radius 3 is 2.65 bits per heavy atom. The van der Waals surface area contributed by atoms with Crippen LogP contribution in [-0.4, -0.2) is 80.1 Å². The first-order valence-corrected chi connectivity index (χ1v) is 9.88. The Hall–Kier alpha value is -1.59. The van der Waals surface area contributed by atoms with Crippen LogP contribution in [-0.2, 0) is 11.2 Å². The summed E-state index contributed by atoms with van der Waals surface area (Å²) in [6.45, 7) is 8.83. The van der Waals surface area contributed by atoms with Crippen molar-refractivity contribution in [1.29, 1.82) is 0 Å². The molecule has 1 aromatic rings. The predicted molar refractivity (Wildman–Crippen MR) is 105 cm³/mol. The number of carbonyl (C=O) groups excluding carboxylic acids is 1. The molecule has 0 radical (unpaired) electrons. The molecule has 0 bridgehead atoms. The summed E-state index contributed by atoms with van der Waals surface area (Å²) in [7, 11) is 3.87. The van der Waals surface area contributed by atoms with Gasteiger partial charge in [-0.05, 0) is 50.4 Å². The Morgan fingerprint density at radius 1 is 1.19 bits per heavy atom. The summed E-state index contributed by atoms with van der Waals surface area (Å²) in [5.74, 6) is 1.78. The Kier molecular flexibility index (Phi) is 6.54. The Bertz CT molecular complexity index is 599. The van der Waals surface area contributed by atoms with Crippen molar-refractivity contribution in [3.63, 3.8) is 0 Å². The maximum absolute atomic E-state index is 12.6. The molecule has 5 nitrogen and oxygen atoms in total. The molecule has 0 saturated carbocycles. The van der Waals surface area contributed by atoms with Crippen molar-refractivity contribution in [2.75, 3.05) is 53.4 Å². The normalized spacial score (nSPS) is 23.2. The number of ether oxygens (including phenoxy) is 1. The number of likely N-dealkylation sites (N-methyl/N-ethyl adjacent to an activating group) is 1. The topological polar surface area (TPSA) is 36.0 Å². The highest BCUT2D eigenvalue weighted by Gasteiger charge is 2.27. The van der Waals surface area contributed by atoms with Crippen LogP contribution in [0, 0.1) is 5.92 Å². The van der Waals surface area contributed by atoms with Gasteiger partial charge in [-0.25, -0.2) is 0 Å². The van der Waals surface area contributed by atoms with E-state index in [0.29, 0.717) is 12.5 Å². The molecule has 0 N–H and O–H groups in total. The Morgan fingerprint density at radius 2 is 1.96 bits per heavy atom. The molecule has 1 unspecified atom stereocenters. The van der Waals surface area contributed by atoms with Gasteiger partial charge in [0.1, 0.15) is 5.75 Å². The number of likely N-dealkylation sites (tertiary alicyclic amines) is 1. The van der Waals surface area contributed by atoms with E-state index in [1.165, 1.54) is 19.6 Å². The standard InChI is InChI=1S/C21H33N3O2/c1-17-15-22(2)11-12-24(17)16-18-7-9-23(10-8-18)21(25)14-19-5-4-6-20(13-19)26-3/h4-6,13,17-18H,7-12,14-16H2,1-3H3. The van der Waals surface area contributed by atoms with Gasteiger partial charge < -0.3 is 14.5 Å². The number of hydrogen-bond acceptors (Lipinski definition) is 4. The highest BCUT2D eigenvalue weighted by atomic mass is 16.5. The zero-order valence-corrected chi connectivity index (χ0v) is 16.5. The fraction of sp³-hybridized carbons (Fsp3) is 0.667. The molecule has 0 spiro atoms. The quantitative estimate of drug-likeness (QED) is 0.807. The van der Waals surface area contributed by atoms with Gasteiger partial charge in [0.05, 0.1) is 13.5 Å². The molecule has 2 aliphatic rings. The Labute approximate surface area is 157 Å². The van der Waals surface area contributed by atoms with Gasteiger partial charge in [0, 0.05) is 45.3 Å². The van der Waals surface area contributed by atoms with Crippen molar-refractivity contribution in [3.8, 4) is 5.75 Å². The van der Waals surface area contributed by atoms with E-state index >= 15 is 0 Å². The summed E-state index contributed by atoms with van der Waals surface area (Å²) in [5, 5.41) is 0. The zero-order chi connectivity index (χ0) is 18.5. The second kappa shape index (κ2) is 8.87. The molecular formula is C21H33N3O2. The third-order valence-electron chi connectivity index (χ3n) is 5.92. The third kappa shape index (κ3) is 4.98. The lowest BCUT2D eigenvalue weighted by Crippen LogP contribution is -2.52. The van der Waals surface area contributed by atoms with Crippen LogP contribution >= 0.6 is 0 Å². The molecule has 0 aliphatic carbocycles. The lowest BCUT2D eigenvalue weighted by atomic mass is 9.94. The van der Waals surface area contributed by atoms with Gasteiger partial charge in [0.25, 0.3) is 0 Å². The molecule has 1 aromatic carbocycles. The van der Waals surface area contributed by atoms with Gasteiger partial charge >= 0.3 is 0 Å². The summed E-state index contributed by atoms with van der Waals surface area (Å²) in [6.07, 6.45) is 2.73. The molecule has 144 valence electrons. The van der Waals surface area contributed by atoms with Crippen LogP contribution in [0.25, 0.3) is 0 Å². The van der Waals surface area contributed by atoms with E-state index in [-0.39, 0.29) is 5.91 Å². The molecule has 0 aromatic heterocycles. The average Bonchev–Trinajstić information content (AvgIpc) is 2.64. The lowest BCUT2D eigenvalue weighted by molar-refractivity contribution is -0.132. The number of methoxy groups -OCH3 is 1. The molecule has 1 atom stereocenters. The van der Waals surface area contributed by atoms with Crippen LogP contribution in [0.4, 0.5) is 0 Å². The number of piperazine rings is 1. The van der Waals surface area contributed by atoms with E-state index < -0.39 is 0 Å². The fourth-order valence-electron chi connectivity index (χ4n) is 4.21. The summed E-state index contributed by atoms with van der Waals surface area (Å²) in [5.41, 5.74) is 1.03. The maximum Gasteiger partial charge on any atom is 0.226 e. The Balaban J connectivity index is 1.45. The number of nitrogens with zero attached hydrogens (tertiary/aromatic N) is 3. The summed E-state index contributed by atoms with van der Waals surface area (Å²) in [6, 6.07) is 8.46. The summed E-state index contributed by atoms with van der Waals surface area (Å²) < 4.78 is 5.25. The van der Waals surface area contributed by atoms with Crippen LogP contribution in [0.5, 0.6) is 5.75 Å². The SMILES string of the molecule is COc1cccc(CC(=O)N2CCC(CN3CCN(C)CC3C)CC2)c1. The molecule has 26 heavy (non-hydrogen) atoms. The van der Waals surface area contributed by atoms with Crippen molar-refractivity contribution in [2.24, 2.45) is 5.92 Å². The fourth-order valence-corrected chi connectivity index (χ4v) is 4.21. The molecule has 2 saturated heterocycles.